The minimum Gasteiger partial charge on any atom is -0.378 e. The number of hydrogen-bond acceptors (Lipinski definition) is 1. The van der Waals surface area contributed by atoms with Crippen LogP contribution in [0, 0.1) is 0 Å². The predicted molar refractivity (Wildman–Crippen MR) is 92.5 cm³/mol. The van der Waals surface area contributed by atoms with Gasteiger partial charge in [0.2, 0.25) is 0 Å². The fourth-order valence-electron chi connectivity index (χ4n) is 2.13. The van der Waals surface area contributed by atoms with E-state index in [0.717, 1.165) is 5.57 Å². The van der Waals surface area contributed by atoms with Crippen LogP contribution in [0.4, 0.5) is 5.69 Å². The van der Waals surface area contributed by atoms with Crippen LogP contribution in [0.5, 0.6) is 0 Å². The van der Waals surface area contributed by atoms with Crippen LogP contribution >= 0.6 is 0 Å². The van der Waals surface area contributed by atoms with Crippen LogP contribution in [0.25, 0.3) is 5.57 Å². The van der Waals surface area contributed by atoms with Crippen molar-refractivity contribution in [1.29, 1.82) is 0 Å². The third kappa shape index (κ3) is 3.20. The van der Waals surface area contributed by atoms with Gasteiger partial charge in [0.1, 0.15) is 0 Å². The van der Waals surface area contributed by atoms with E-state index in [1.807, 2.05) is 0 Å². The molecule has 2 aromatic carbocycles. The van der Waals surface area contributed by atoms with Crippen molar-refractivity contribution >= 4 is 25.2 Å². The molecule has 2 aromatic rings. The molecule has 0 unspecified atom stereocenters. The molecule has 20 heavy (non-hydrogen) atoms. The van der Waals surface area contributed by atoms with Crippen LogP contribution in [0.2, 0.25) is 13.1 Å². The molecule has 0 aliphatic heterocycles. The van der Waals surface area contributed by atoms with Gasteiger partial charge in [-0.1, -0.05) is 61.3 Å². The van der Waals surface area contributed by atoms with Crippen molar-refractivity contribution in [2.45, 2.75) is 13.1 Å². The Balaban J connectivity index is 2.22. The maximum Gasteiger partial charge on any atom is 0.0791 e. The van der Waals surface area contributed by atoms with Crippen LogP contribution in [0.3, 0.4) is 0 Å². The molecule has 0 bridgehead atoms. The second kappa shape index (κ2) is 6.10. The Labute approximate surface area is 124 Å². The zero-order valence-electron chi connectivity index (χ0n) is 12.8. The molecule has 2 heteroatoms. The van der Waals surface area contributed by atoms with Gasteiger partial charge >= 0.3 is 0 Å². The van der Waals surface area contributed by atoms with Crippen LogP contribution in [0.1, 0.15) is 11.1 Å². The summed E-state index contributed by atoms with van der Waals surface area (Å²) in [6.45, 7) is 8.87. The summed E-state index contributed by atoms with van der Waals surface area (Å²) in [5, 5.41) is 1.47. The van der Waals surface area contributed by atoms with E-state index in [2.05, 4.69) is 87.2 Å². The molecular weight excluding hydrogens is 258 g/mol. The summed E-state index contributed by atoms with van der Waals surface area (Å²) in [7, 11) is 3.74. The first-order chi connectivity index (χ1) is 9.49. The lowest BCUT2D eigenvalue weighted by Crippen LogP contribution is -2.21. The van der Waals surface area contributed by atoms with Crippen LogP contribution in [-0.2, 0) is 0 Å². The minimum atomic E-state index is -0.368. The summed E-state index contributed by atoms with van der Waals surface area (Å²) < 4.78 is 0. The Kier molecular flexibility index (Phi) is 4.45. The molecule has 0 aliphatic rings. The lowest BCUT2D eigenvalue weighted by Gasteiger charge is -2.14. The molecule has 1 nitrogen and oxygen atoms in total. The topological polar surface area (TPSA) is 3.24 Å². The summed E-state index contributed by atoms with van der Waals surface area (Å²) in [5.74, 6) is 0. The normalized spacial score (nSPS) is 10.7. The van der Waals surface area contributed by atoms with Crippen molar-refractivity contribution in [3.8, 4) is 0 Å². The van der Waals surface area contributed by atoms with Crippen LogP contribution in [-0.4, -0.2) is 22.9 Å². The Morgan fingerprint density at radius 1 is 0.850 bits per heavy atom. The van der Waals surface area contributed by atoms with E-state index in [-0.39, 0.29) is 8.80 Å². The van der Waals surface area contributed by atoms with Crippen molar-refractivity contribution < 1.29 is 0 Å². The molecule has 0 amide bonds. The molecular formula is C18H22NSi. The molecule has 103 valence electrons. The standard InChI is InChI=1S/C18H22NSi/c1-14(15-6-10-17(11-7-15)19(2)3)16-8-12-18(13-9-16)20(4)5/h6-13H,1H2,2-5H3. The lowest BCUT2D eigenvalue weighted by atomic mass is 9.99. The van der Waals surface area contributed by atoms with Gasteiger partial charge in [0.05, 0.1) is 8.80 Å². The molecule has 0 N–H and O–H groups in total. The van der Waals surface area contributed by atoms with Crippen molar-refractivity contribution in [3.05, 3.63) is 66.2 Å². The average Bonchev–Trinajstić information content (AvgIpc) is 2.46. The lowest BCUT2D eigenvalue weighted by molar-refractivity contribution is 1.13. The Morgan fingerprint density at radius 3 is 1.70 bits per heavy atom. The maximum absolute atomic E-state index is 4.24. The van der Waals surface area contributed by atoms with E-state index in [9.17, 15) is 0 Å². The highest BCUT2D eigenvalue weighted by molar-refractivity contribution is 6.70. The monoisotopic (exact) mass is 280 g/mol. The summed E-state index contributed by atoms with van der Waals surface area (Å²) in [5.41, 5.74) is 4.68. The first-order valence-corrected chi connectivity index (χ1v) is 9.36. The highest BCUT2D eigenvalue weighted by Gasteiger charge is 2.05. The Morgan fingerprint density at radius 2 is 1.30 bits per heavy atom. The largest absolute Gasteiger partial charge is 0.378 e. The minimum absolute atomic E-state index is 0.368. The number of anilines is 1. The Hall–Kier alpha value is -1.80. The van der Waals surface area contributed by atoms with E-state index in [1.54, 1.807) is 0 Å². The van der Waals surface area contributed by atoms with Crippen molar-refractivity contribution in [3.63, 3.8) is 0 Å². The summed E-state index contributed by atoms with van der Waals surface area (Å²) in [6, 6.07) is 17.4. The highest BCUT2D eigenvalue weighted by Crippen LogP contribution is 2.23. The molecule has 0 heterocycles. The average molecular weight is 280 g/mol. The quantitative estimate of drug-likeness (QED) is 0.771. The van der Waals surface area contributed by atoms with Crippen LogP contribution < -0.4 is 10.1 Å². The fourth-order valence-corrected chi connectivity index (χ4v) is 2.97. The molecule has 2 rings (SSSR count). The number of rotatable bonds is 4. The van der Waals surface area contributed by atoms with Gasteiger partial charge < -0.3 is 4.90 Å². The van der Waals surface area contributed by atoms with Crippen molar-refractivity contribution in [1.82, 2.24) is 0 Å². The van der Waals surface area contributed by atoms with E-state index in [4.69, 9.17) is 0 Å². The van der Waals surface area contributed by atoms with E-state index >= 15 is 0 Å². The van der Waals surface area contributed by atoms with E-state index in [0.29, 0.717) is 0 Å². The maximum atomic E-state index is 4.24. The smallest absolute Gasteiger partial charge is 0.0791 e. The van der Waals surface area contributed by atoms with Gasteiger partial charge in [0.25, 0.3) is 0 Å². The van der Waals surface area contributed by atoms with Gasteiger partial charge in [0, 0.05) is 19.8 Å². The third-order valence-corrected chi connectivity index (χ3v) is 5.03. The van der Waals surface area contributed by atoms with Gasteiger partial charge in [-0.05, 0) is 28.8 Å². The van der Waals surface area contributed by atoms with Crippen LogP contribution in [0.15, 0.2) is 55.1 Å². The number of hydrogen-bond donors (Lipinski definition) is 0. The second-order valence-corrected chi connectivity index (χ2v) is 8.07. The van der Waals surface area contributed by atoms with Gasteiger partial charge in [0.15, 0.2) is 0 Å². The number of nitrogens with zero attached hydrogens (tertiary/aromatic N) is 1. The summed E-state index contributed by atoms with van der Waals surface area (Å²) in [4.78, 5) is 2.10. The zero-order valence-corrected chi connectivity index (χ0v) is 13.8. The van der Waals surface area contributed by atoms with Gasteiger partial charge in [-0.2, -0.15) is 0 Å². The number of benzene rings is 2. The van der Waals surface area contributed by atoms with Gasteiger partial charge in [-0.15, -0.1) is 0 Å². The molecule has 0 fully saturated rings. The van der Waals surface area contributed by atoms with E-state index < -0.39 is 0 Å². The first-order valence-electron chi connectivity index (χ1n) is 6.86. The summed E-state index contributed by atoms with van der Waals surface area (Å²) >= 11 is 0. The van der Waals surface area contributed by atoms with Crippen molar-refractivity contribution in [2.24, 2.45) is 0 Å². The zero-order chi connectivity index (χ0) is 14.7. The fraction of sp³-hybridized carbons (Fsp3) is 0.222. The highest BCUT2D eigenvalue weighted by atomic mass is 28.3. The third-order valence-electron chi connectivity index (χ3n) is 3.54. The molecule has 0 saturated carbocycles. The SMILES string of the molecule is C=C(c1ccc(N(C)C)cc1)c1ccc([Si](C)C)cc1. The molecule has 0 saturated heterocycles. The summed E-state index contributed by atoms with van der Waals surface area (Å²) in [6.07, 6.45) is 0. The van der Waals surface area contributed by atoms with E-state index in [1.165, 1.54) is 22.0 Å². The molecule has 1 radical (unpaired) electrons. The molecule has 0 aromatic heterocycles. The van der Waals surface area contributed by atoms with Crippen molar-refractivity contribution in [2.75, 3.05) is 19.0 Å². The van der Waals surface area contributed by atoms with Gasteiger partial charge in [-0.25, -0.2) is 0 Å². The first kappa shape index (κ1) is 14.6. The molecule has 0 aliphatic carbocycles. The van der Waals surface area contributed by atoms with Gasteiger partial charge in [-0.3, -0.25) is 0 Å². The molecule has 0 spiro atoms. The second-order valence-electron chi connectivity index (χ2n) is 5.50. The Bertz CT molecular complexity index is 526. The molecule has 0 atom stereocenters. The predicted octanol–water partition coefficient (Wildman–Crippen LogP) is 3.78.